The average Bonchev–Trinajstić information content (AvgIpc) is 2.94. The number of fused-ring (bicyclic) bond motifs is 1. The van der Waals surface area contributed by atoms with Crippen molar-refractivity contribution in [2.45, 2.75) is 12.8 Å². The molecule has 1 aromatic carbocycles. The van der Waals surface area contributed by atoms with Crippen molar-refractivity contribution >= 4 is 23.1 Å². The number of benzene rings is 1. The van der Waals surface area contributed by atoms with E-state index >= 15 is 0 Å². The predicted octanol–water partition coefficient (Wildman–Crippen LogP) is 1.45. The lowest BCUT2D eigenvalue weighted by atomic mass is 10.1. The number of carbonyl (C=O) groups is 2. The van der Waals surface area contributed by atoms with Crippen molar-refractivity contribution in [2.75, 3.05) is 29.9 Å². The van der Waals surface area contributed by atoms with Gasteiger partial charge in [-0.3, -0.25) is 9.59 Å². The standard InChI is InChI=1S/C13H14N2O2/c1-14-9-5-4-6-10(15-7-2-3-8-15)11(9)12(16)13(14)17/h4-6H,2-3,7-8H2,1H3. The molecule has 1 saturated heterocycles. The minimum Gasteiger partial charge on any atom is -0.371 e. The van der Waals surface area contributed by atoms with Gasteiger partial charge in [0.15, 0.2) is 0 Å². The summed E-state index contributed by atoms with van der Waals surface area (Å²) in [6.07, 6.45) is 2.31. The molecule has 0 saturated carbocycles. The summed E-state index contributed by atoms with van der Waals surface area (Å²) in [5.74, 6) is -0.795. The molecule has 1 amide bonds. The first-order chi connectivity index (χ1) is 8.20. The number of anilines is 2. The van der Waals surface area contributed by atoms with E-state index in [1.165, 1.54) is 4.90 Å². The van der Waals surface area contributed by atoms with E-state index in [-0.39, 0.29) is 5.78 Å². The maximum absolute atomic E-state index is 12.0. The minimum absolute atomic E-state index is 0.370. The lowest BCUT2D eigenvalue weighted by Crippen LogP contribution is -2.25. The Morgan fingerprint density at radius 2 is 1.71 bits per heavy atom. The fourth-order valence-electron chi connectivity index (χ4n) is 2.63. The van der Waals surface area contributed by atoms with Crippen LogP contribution in [-0.2, 0) is 4.79 Å². The van der Waals surface area contributed by atoms with Gasteiger partial charge < -0.3 is 9.80 Å². The van der Waals surface area contributed by atoms with Crippen LogP contribution in [-0.4, -0.2) is 31.8 Å². The molecule has 0 unspecified atom stereocenters. The summed E-state index contributed by atoms with van der Waals surface area (Å²) < 4.78 is 0. The third-order valence-electron chi connectivity index (χ3n) is 3.55. The normalized spacial score (nSPS) is 19.1. The number of ketones is 1. The maximum atomic E-state index is 12.0. The van der Waals surface area contributed by atoms with Crippen molar-refractivity contribution in [3.8, 4) is 0 Å². The topological polar surface area (TPSA) is 40.6 Å². The van der Waals surface area contributed by atoms with Crippen LogP contribution in [0.3, 0.4) is 0 Å². The third kappa shape index (κ3) is 1.37. The predicted molar refractivity (Wildman–Crippen MR) is 65.6 cm³/mol. The number of nitrogens with zero attached hydrogens (tertiary/aromatic N) is 2. The summed E-state index contributed by atoms with van der Waals surface area (Å²) in [6.45, 7) is 1.95. The number of Topliss-reactive ketones (excluding diaryl/α,β-unsaturated/α-hetero) is 1. The molecule has 0 aromatic heterocycles. The van der Waals surface area contributed by atoms with Crippen molar-refractivity contribution in [2.24, 2.45) is 0 Å². The van der Waals surface area contributed by atoms with Crippen molar-refractivity contribution in [1.29, 1.82) is 0 Å². The van der Waals surface area contributed by atoms with Crippen molar-refractivity contribution < 1.29 is 9.59 Å². The smallest absolute Gasteiger partial charge is 0.299 e. The van der Waals surface area contributed by atoms with E-state index in [0.29, 0.717) is 5.56 Å². The van der Waals surface area contributed by atoms with E-state index < -0.39 is 5.91 Å². The zero-order valence-electron chi connectivity index (χ0n) is 9.77. The van der Waals surface area contributed by atoms with Crippen molar-refractivity contribution in [1.82, 2.24) is 0 Å². The van der Waals surface area contributed by atoms with Crippen LogP contribution in [0.1, 0.15) is 23.2 Å². The highest BCUT2D eigenvalue weighted by molar-refractivity contribution is 6.53. The summed E-state index contributed by atoms with van der Waals surface area (Å²) in [4.78, 5) is 27.3. The zero-order chi connectivity index (χ0) is 12.0. The molecule has 2 heterocycles. The van der Waals surface area contributed by atoms with Gasteiger partial charge in [0.05, 0.1) is 16.9 Å². The van der Waals surface area contributed by atoms with Crippen LogP contribution < -0.4 is 9.80 Å². The molecule has 4 nitrogen and oxygen atoms in total. The van der Waals surface area contributed by atoms with Crippen LogP contribution >= 0.6 is 0 Å². The van der Waals surface area contributed by atoms with Crippen LogP contribution in [0, 0.1) is 0 Å². The van der Waals surface area contributed by atoms with E-state index in [1.54, 1.807) is 7.05 Å². The first kappa shape index (κ1) is 10.3. The Kier molecular flexibility index (Phi) is 2.18. The highest BCUT2D eigenvalue weighted by Gasteiger charge is 2.36. The van der Waals surface area contributed by atoms with Gasteiger partial charge in [0, 0.05) is 20.1 Å². The second-order valence-corrected chi connectivity index (χ2v) is 4.56. The fraction of sp³-hybridized carbons (Fsp3) is 0.385. The molecule has 0 N–H and O–H groups in total. The first-order valence-corrected chi connectivity index (χ1v) is 5.90. The highest BCUT2D eigenvalue weighted by Crippen LogP contribution is 2.36. The number of likely N-dealkylation sites (N-methyl/N-ethyl adjacent to an activating group) is 1. The van der Waals surface area contributed by atoms with E-state index in [4.69, 9.17) is 0 Å². The largest absolute Gasteiger partial charge is 0.371 e. The second-order valence-electron chi connectivity index (χ2n) is 4.56. The van der Waals surface area contributed by atoms with Gasteiger partial charge in [0.1, 0.15) is 0 Å². The summed E-state index contributed by atoms with van der Waals surface area (Å²) in [6, 6.07) is 5.68. The molecular weight excluding hydrogens is 216 g/mol. The molecule has 88 valence electrons. The van der Waals surface area contributed by atoms with Crippen LogP contribution in [0.25, 0.3) is 0 Å². The number of carbonyl (C=O) groups excluding carboxylic acids is 2. The monoisotopic (exact) mass is 230 g/mol. The number of hydrogen-bond donors (Lipinski definition) is 0. The Bertz CT molecular complexity index is 504. The van der Waals surface area contributed by atoms with Gasteiger partial charge in [-0.25, -0.2) is 0 Å². The van der Waals surface area contributed by atoms with Crippen molar-refractivity contribution in [3.63, 3.8) is 0 Å². The lowest BCUT2D eigenvalue weighted by Gasteiger charge is -2.20. The van der Waals surface area contributed by atoms with Gasteiger partial charge in [-0.1, -0.05) is 6.07 Å². The zero-order valence-corrected chi connectivity index (χ0v) is 9.77. The molecule has 17 heavy (non-hydrogen) atoms. The second kappa shape index (κ2) is 3.58. The molecule has 1 fully saturated rings. The van der Waals surface area contributed by atoms with Gasteiger partial charge in [-0.2, -0.15) is 0 Å². The molecule has 0 atom stereocenters. The first-order valence-electron chi connectivity index (χ1n) is 5.90. The van der Waals surface area contributed by atoms with Gasteiger partial charge in [0.25, 0.3) is 11.7 Å². The lowest BCUT2D eigenvalue weighted by molar-refractivity contribution is -0.114. The highest BCUT2D eigenvalue weighted by atomic mass is 16.2. The SMILES string of the molecule is CN1C(=O)C(=O)c2c(N3CCCC3)cccc21. The summed E-state index contributed by atoms with van der Waals surface area (Å²) in [5, 5.41) is 0. The quantitative estimate of drug-likeness (QED) is 0.685. The summed E-state index contributed by atoms with van der Waals surface area (Å²) in [5.41, 5.74) is 2.24. The molecule has 0 radical (unpaired) electrons. The Morgan fingerprint density at radius 3 is 2.41 bits per heavy atom. The van der Waals surface area contributed by atoms with E-state index in [1.807, 2.05) is 18.2 Å². The van der Waals surface area contributed by atoms with E-state index in [2.05, 4.69) is 4.90 Å². The molecule has 0 spiro atoms. The molecule has 2 aliphatic heterocycles. The van der Waals surface area contributed by atoms with E-state index in [9.17, 15) is 9.59 Å². The molecule has 4 heteroatoms. The van der Waals surface area contributed by atoms with Crippen LogP contribution in [0.4, 0.5) is 11.4 Å². The Balaban J connectivity index is 2.14. The summed E-state index contributed by atoms with van der Waals surface area (Å²) >= 11 is 0. The van der Waals surface area contributed by atoms with Crippen LogP contribution in [0.5, 0.6) is 0 Å². The summed E-state index contributed by atoms with van der Waals surface area (Å²) in [7, 11) is 1.65. The Morgan fingerprint density at radius 1 is 1.06 bits per heavy atom. The molecule has 3 rings (SSSR count). The van der Waals surface area contributed by atoms with Crippen LogP contribution in [0.15, 0.2) is 18.2 Å². The number of hydrogen-bond acceptors (Lipinski definition) is 3. The third-order valence-corrected chi connectivity index (χ3v) is 3.55. The fourth-order valence-corrected chi connectivity index (χ4v) is 2.63. The van der Waals surface area contributed by atoms with Gasteiger partial charge in [-0.15, -0.1) is 0 Å². The van der Waals surface area contributed by atoms with Crippen LogP contribution in [0.2, 0.25) is 0 Å². The minimum atomic E-state index is -0.424. The van der Waals surface area contributed by atoms with Gasteiger partial charge in [0.2, 0.25) is 0 Å². The van der Waals surface area contributed by atoms with Crippen molar-refractivity contribution in [3.05, 3.63) is 23.8 Å². The van der Waals surface area contributed by atoms with Gasteiger partial charge >= 0.3 is 0 Å². The molecular formula is C13H14N2O2. The van der Waals surface area contributed by atoms with E-state index in [0.717, 1.165) is 37.3 Å². The number of amides is 1. The Labute approximate surface area is 99.8 Å². The van der Waals surface area contributed by atoms with Gasteiger partial charge in [-0.05, 0) is 25.0 Å². The molecule has 0 aliphatic carbocycles. The Hall–Kier alpha value is -1.84. The maximum Gasteiger partial charge on any atom is 0.299 e. The average molecular weight is 230 g/mol. The molecule has 2 aliphatic rings. The number of rotatable bonds is 1. The molecule has 1 aromatic rings. The molecule has 0 bridgehead atoms.